The van der Waals surface area contributed by atoms with Crippen molar-refractivity contribution >= 4 is 11.9 Å². The van der Waals surface area contributed by atoms with Crippen molar-refractivity contribution in [3.8, 4) is 0 Å². The lowest BCUT2D eigenvalue weighted by molar-refractivity contribution is -0.136. The first-order valence-electron chi connectivity index (χ1n) is 7.18. The van der Waals surface area contributed by atoms with Gasteiger partial charge in [-0.3, -0.25) is 0 Å². The Morgan fingerprint density at radius 3 is 1.73 bits per heavy atom. The lowest BCUT2D eigenvalue weighted by atomic mass is 9.93. The molecule has 5 heteroatoms. The van der Waals surface area contributed by atoms with Gasteiger partial charge in [-0.25, -0.2) is 9.59 Å². The van der Waals surface area contributed by atoms with Gasteiger partial charge in [0.1, 0.15) is 0 Å². The molecule has 0 saturated heterocycles. The molecule has 0 aromatic carbocycles. The smallest absolute Gasteiger partial charge is 0.335 e. The summed E-state index contributed by atoms with van der Waals surface area (Å²) in [6.07, 6.45) is 6.51. The van der Waals surface area contributed by atoms with Gasteiger partial charge in [0.25, 0.3) is 0 Å². The molecule has 120 valence electrons. The minimum absolute atomic E-state index is 0.214. The highest BCUT2D eigenvalue weighted by Crippen LogP contribution is 2.29. The SMILES string of the molecule is C=CCCC1=C(C(=O)OC)CC(C(=O)OC)=C(CCC=C)N1. The third-order valence-corrected chi connectivity index (χ3v) is 3.44. The summed E-state index contributed by atoms with van der Waals surface area (Å²) in [5.74, 6) is -0.869. The highest BCUT2D eigenvalue weighted by atomic mass is 16.5. The molecule has 0 fully saturated rings. The van der Waals surface area contributed by atoms with Gasteiger partial charge in [0.15, 0.2) is 0 Å². The van der Waals surface area contributed by atoms with Gasteiger partial charge < -0.3 is 14.8 Å². The largest absolute Gasteiger partial charge is 0.466 e. The summed E-state index contributed by atoms with van der Waals surface area (Å²) in [5.41, 5.74) is 2.48. The molecule has 0 radical (unpaired) electrons. The summed E-state index contributed by atoms with van der Waals surface area (Å²) in [6, 6.07) is 0. The number of methoxy groups -OCH3 is 2. The van der Waals surface area contributed by atoms with Gasteiger partial charge >= 0.3 is 11.9 Å². The number of hydrogen-bond donors (Lipinski definition) is 1. The fourth-order valence-corrected chi connectivity index (χ4v) is 2.28. The summed E-state index contributed by atoms with van der Waals surface area (Å²) >= 11 is 0. The number of nitrogens with one attached hydrogen (secondary N) is 1. The lowest BCUT2D eigenvalue weighted by Crippen LogP contribution is -2.28. The number of carbonyl (C=O) groups excluding carboxylic acids is 2. The number of dihydropyridines is 1. The van der Waals surface area contributed by atoms with Gasteiger partial charge in [-0.15, -0.1) is 13.2 Å². The maximum atomic E-state index is 12.0. The van der Waals surface area contributed by atoms with Crippen molar-refractivity contribution in [2.75, 3.05) is 14.2 Å². The summed E-state index contributed by atoms with van der Waals surface area (Å²) < 4.78 is 9.65. The molecular weight excluding hydrogens is 282 g/mol. The fourth-order valence-electron chi connectivity index (χ4n) is 2.28. The van der Waals surface area contributed by atoms with Crippen LogP contribution in [0.4, 0.5) is 0 Å². The van der Waals surface area contributed by atoms with Crippen molar-refractivity contribution in [2.24, 2.45) is 0 Å². The van der Waals surface area contributed by atoms with Gasteiger partial charge in [0.05, 0.1) is 25.4 Å². The van der Waals surface area contributed by atoms with E-state index >= 15 is 0 Å². The minimum Gasteiger partial charge on any atom is -0.466 e. The Labute approximate surface area is 131 Å². The average molecular weight is 305 g/mol. The van der Waals surface area contributed by atoms with Crippen LogP contribution in [0.15, 0.2) is 47.9 Å². The zero-order chi connectivity index (χ0) is 16.5. The molecule has 0 atom stereocenters. The van der Waals surface area contributed by atoms with Crippen LogP contribution in [0.25, 0.3) is 0 Å². The van der Waals surface area contributed by atoms with Crippen molar-refractivity contribution in [3.05, 3.63) is 47.9 Å². The molecule has 1 heterocycles. The van der Waals surface area contributed by atoms with E-state index < -0.39 is 11.9 Å². The summed E-state index contributed by atoms with van der Waals surface area (Å²) in [4.78, 5) is 24.0. The molecule has 22 heavy (non-hydrogen) atoms. The van der Waals surface area contributed by atoms with Crippen LogP contribution in [-0.2, 0) is 19.1 Å². The topological polar surface area (TPSA) is 64.6 Å². The number of rotatable bonds is 8. The predicted octanol–water partition coefficient (Wildman–Crippen LogP) is 2.77. The second-order valence-corrected chi connectivity index (χ2v) is 4.85. The molecule has 1 N–H and O–H groups in total. The van der Waals surface area contributed by atoms with Crippen LogP contribution >= 0.6 is 0 Å². The second kappa shape index (κ2) is 8.87. The maximum Gasteiger partial charge on any atom is 0.335 e. The van der Waals surface area contributed by atoms with Crippen LogP contribution in [0.2, 0.25) is 0 Å². The zero-order valence-corrected chi connectivity index (χ0v) is 13.2. The normalized spacial score (nSPS) is 14.3. The lowest BCUT2D eigenvalue weighted by Gasteiger charge is -2.25. The quantitative estimate of drug-likeness (QED) is 0.552. The molecule has 0 aromatic heterocycles. The van der Waals surface area contributed by atoms with Crippen LogP contribution in [0.3, 0.4) is 0 Å². The Bertz CT molecular complexity index is 483. The van der Waals surface area contributed by atoms with Crippen molar-refractivity contribution in [1.82, 2.24) is 5.32 Å². The number of allylic oxidation sites excluding steroid dienone is 4. The number of carbonyl (C=O) groups is 2. The van der Waals surface area contributed by atoms with Crippen molar-refractivity contribution in [3.63, 3.8) is 0 Å². The van der Waals surface area contributed by atoms with Gasteiger partial charge in [0.2, 0.25) is 0 Å². The van der Waals surface area contributed by atoms with E-state index in [2.05, 4.69) is 18.5 Å². The third-order valence-electron chi connectivity index (χ3n) is 3.44. The molecule has 0 saturated carbocycles. The van der Waals surface area contributed by atoms with E-state index in [1.807, 2.05) is 0 Å². The predicted molar refractivity (Wildman–Crippen MR) is 84.7 cm³/mol. The monoisotopic (exact) mass is 305 g/mol. The first-order chi connectivity index (χ1) is 10.6. The van der Waals surface area contributed by atoms with Crippen molar-refractivity contribution in [2.45, 2.75) is 32.1 Å². The van der Waals surface area contributed by atoms with E-state index in [1.165, 1.54) is 14.2 Å². The number of esters is 2. The maximum absolute atomic E-state index is 12.0. The third kappa shape index (κ3) is 4.35. The van der Waals surface area contributed by atoms with E-state index in [4.69, 9.17) is 9.47 Å². The minimum atomic E-state index is -0.435. The molecule has 0 aliphatic carbocycles. The highest BCUT2D eigenvalue weighted by Gasteiger charge is 2.28. The molecule has 1 aliphatic heterocycles. The number of hydrogen-bond acceptors (Lipinski definition) is 5. The standard InChI is InChI=1S/C17H23NO4/c1-5-7-9-14-12(16(19)21-3)11-13(17(20)22-4)15(18-14)10-8-6-2/h5-6,18H,1-2,7-11H2,3-4H3. The molecule has 0 spiro atoms. The van der Waals surface area contributed by atoms with Gasteiger partial charge in [-0.05, 0) is 25.7 Å². The molecule has 0 amide bonds. The summed E-state index contributed by atoms with van der Waals surface area (Å²) in [6.45, 7) is 7.39. The van der Waals surface area contributed by atoms with E-state index in [0.717, 1.165) is 24.2 Å². The first kappa shape index (κ1) is 17.8. The zero-order valence-electron chi connectivity index (χ0n) is 13.2. The second-order valence-electron chi connectivity index (χ2n) is 4.85. The Balaban J connectivity index is 3.14. The van der Waals surface area contributed by atoms with Crippen molar-refractivity contribution < 1.29 is 19.1 Å². The summed E-state index contributed by atoms with van der Waals surface area (Å²) in [5, 5.41) is 3.22. The number of ether oxygens (including phenoxy) is 2. The molecular formula is C17H23NO4. The molecule has 0 bridgehead atoms. The van der Waals surface area contributed by atoms with Crippen LogP contribution in [0.5, 0.6) is 0 Å². The molecule has 0 unspecified atom stereocenters. The van der Waals surface area contributed by atoms with Crippen LogP contribution < -0.4 is 5.32 Å². The van der Waals surface area contributed by atoms with Gasteiger partial charge in [-0.2, -0.15) is 0 Å². The van der Waals surface area contributed by atoms with E-state index in [9.17, 15) is 9.59 Å². The van der Waals surface area contributed by atoms with Crippen LogP contribution in [-0.4, -0.2) is 26.2 Å². The Morgan fingerprint density at radius 1 is 1.00 bits per heavy atom. The van der Waals surface area contributed by atoms with Crippen molar-refractivity contribution in [1.29, 1.82) is 0 Å². The Morgan fingerprint density at radius 2 is 1.41 bits per heavy atom. The highest BCUT2D eigenvalue weighted by molar-refractivity contribution is 5.96. The van der Waals surface area contributed by atoms with Crippen LogP contribution in [0, 0.1) is 0 Å². The molecule has 1 aliphatic rings. The summed E-state index contributed by atoms with van der Waals surface area (Å²) in [7, 11) is 2.66. The Hall–Kier alpha value is -2.30. The molecule has 5 nitrogen and oxygen atoms in total. The Kier molecular flexibility index (Phi) is 7.16. The van der Waals surface area contributed by atoms with E-state index in [0.29, 0.717) is 24.0 Å². The van der Waals surface area contributed by atoms with Gasteiger partial charge in [0, 0.05) is 17.8 Å². The van der Waals surface area contributed by atoms with E-state index in [1.54, 1.807) is 12.2 Å². The molecule has 0 aromatic rings. The fraction of sp³-hybridized carbons (Fsp3) is 0.412. The van der Waals surface area contributed by atoms with Crippen LogP contribution in [0.1, 0.15) is 32.1 Å². The average Bonchev–Trinajstić information content (AvgIpc) is 2.56. The van der Waals surface area contributed by atoms with E-state index in [-0.39, 0.29) is 6.42 Å². The van der Waals surface area contributed by atoms with Gasteiger partial charge in [-0.1, -0.05) is 12.2 Å². The first-order valence-corrected chi connectivity index (χ1v) is 7.18. The molecule has 1 rings (SSSR count).